The zero-order valence-electron chi connectivity index (χ0n) is 10.8. The van der Waals surface area contributed by atoms with E-state index in [2.05, 4.69) is 10.0 Å². The number of nitrogens with one attached hydrogen (secondary N) is 2. The Hall–Kier alpha value is -0.330. The Balaban J connectivity index is 2.45. The molecule has 1 atom stereocenters. The molecule has 0 radical (unpaired) electrons. The van der Waals surface area contributed by atoms with Crippen LogP contribution in [-0.4, -0.2) is 27.5 Å². The van der Waals surface area contributed by atoms with Gasteiger partial charge in [0.2, 0.25) is 10.0 Å². The summed E-state index contributed by atoms with van der Waals surface area (Å²) in [5, 5.41) is 3.76. The minimum absolute atomic E-state index is 0.0890. The highest BCUT2D eigenvalue weighted by Gasteiger charge is 2.27. The predicted molar refractivity (Wildman–Crippen MR) is 77.5 cm³/mol. The molecule has 4 nitrogen and oxygen atoms in total. The third-order valence-corrected chi connectivity index (χ3v) is 5.92. The van der Waals surface area contributed by atoms with Crippen molar-refractivity contribution in [3.05, 3.63) is 27.2 Å². The van der Waals surface area contributed by atoms with E-state index in [9.17, 15) is 8.42 Å². The number of aryl methyl sites for hydroxylation is 1. The van der Waals surface area contributed by atoms with Gasteiger partial charge in [-0.3, -0.25) is 0 Å². The molecule has 1 saturated heterocycles. The Bertz CT molecular complexity index is 570. The Kier molecular flexibility index (Phi) is 4.42. The average molecular weight is 323 g/mol. The van der Waals surface area contributed by atoms with E-state index < -0.39 is 10.0 Å². The molecule has 2 N–H and O–H groups in total. The Labute approximate surface area is 123 Å². The SMILES string of the molecule is Cc1cc(Cl)c(C)c(S(=O)(=O)N[C@@H]2CCNC2)c1Cl. The molecule has 0 aromatic heterocycles. The van der Waals surface area contributed by atoms with Gasteiger partial charge in [-0.1, -0.05) is 23.2 Å². The van der Waals surface area contributed by atoms with Crippen molar-refractivity contribution >= 4 is 33.2 Å². The number of hydrogen-bond acceptors (Lipinski definition) is 3. The molecule has 0 bridgehead atoms. The fourth-order valence-corrected chi connectivity index (χ4v) is 4.65. The summed E-state index contributed by atoms with van der Waals surface area (Å²) in [6.45, 7) is 4.85. The van der Waals surface area contributed by atoms with Crippen molar-refractivity contribution < 1.29 is 8.42 Å². The molecule has 2 rings (SSSR count). The summed E-state index contributed by atoms with van der Waals surface area (Å²) in [5.74, 6) is 0. The van der Waals surface area contributed by atoms with Crippen molar-refractivity contribution in [3.8, 4) is 0 Å². The minimum Gasteiger partial charge on any atom is -0.315 e. The molecule has 1 heterocycles. The van der Waals surface area contributed by atoms with Gasteiger partial charge >= 0.3 is 0 Å². The normalized spacial score (nSPS) is 19.9. The highest BCUT2D eigenvalue weighted by Crippen LogP contribution is 2.33. The molecule has 1 aliphatic heterocycles. The van der Waals surface area contributed by atoms with E-state index in [1.54, 1.807) is 19.9 Å². The first-order valence-corrected chi connectivity index (χ1v) is 8.25. The van der Waals surface area contributed by atoms with Crippen LogP contribution < -0.4 is 10.0 Å². The number of hydrogen-bond donors (Lipinski definition) is 2. The first-order valence-electron chi connectivity index (χ1n) is 6.01. The lowest BCUT2D eigenvalue weighted by Gasteiger charge is -2.16. The molecule has 19 heavy (non-hydrogen) atoms. The van der Waals surface area contributed by atoms with Gasteiger partial charge in [0, 0.05) is 17.6 Å². The van der Waals surface area contributed by atoms with Crippen LogP contribution in [0.5, 0.6) is 0 Å². The Morgan fingerprint density at radius 1 is 1.37 bits per heavy atom. The van der Waals surface area contributed by atoms with E-state index in [0.717, 1.165) is 13.0 Å². The Morgan fingerprint density at radius 3 is 2.63 bits per heavy atom. The Morgan fingerprint density at radius 2 is 2.05 bits per heavy atom. The third kappa shape index (κ3) is 3.06. The lowest BCUT2D eigenvalue weighted by molar-refractivity contribution is 0.559. The second kappa shape index (κ2) is 5.58. The maximum Gasteiger partial charge on any atom is 0.242 e. The molecule has 0 unspecified atom stereocenters. The fourth-order valence-electron chi connectivity index (χ4n) is 2.17. The van der Waals surface area contributed by atoms with Crippen molar-refractivity contribution in [3.63, 3.8) is 0 Å². The summed E-state index contributed by atoms with van der Waals surface area (Å²) in [5.41, 5.74) is 1.14. The molecule has 1 aromatic rings. The predicted octanol–water partition coefficient (Wildman–Crippen LogP) is 2.25. The lowest BCUT2D eigenvalue weighted by atomic mass is 10.2. The zero-order chi connectivity index (χ0) is 14.2. The molecule has 0 saturated carbocycles. The summed E-state index contributed by atoms with van der Waals surface area (Å²) < 4.78 is 27.6. The van der Waals surface area contributed by atoms with Gasteiger partial charge < -0.3 is 5.32 Å². The van der Waals surface area contributed by atoms with Gasteiger partial charge in [0.15, 0.2) is 0 Å². The topological polar surface area (TPSA) is 58.2 Å². The summed E-state index contributed by atoms with van der Waals surface area (Å²) in [6, 6.07) is 1.58. The zero-order valence-corrected chi connectivity index (χ0v) is 13.1. The highest BCUT2D eigenvalue weighted by atomic mass is 35.5. The molecule has 1 fully saturated rings. The summed E-state index contributed by atoms with van der Waals surface area (Å²) in [6.07, 6.45) is 0.773. The van der Waals surface area contributed by atoms with E-state index in [0.29, 0.717) is 22.7 Å². The lowest BCUT2D eigenvalue weighted by Crippen LogP contribution is -2.36. The van der Waals surface area contributed by atoms with Crippen LogP contribution in [0.15, 0.2) is 11.0 Å². The van der Waals surface area contributed by atoms with Crippen molar-refractivity contribution in [1.29, 1.82) is 0 Å². The van der Waals surface area contributed by atoms with Gasteiger partial charge in [0.05, 0.1) is 5.02 Å². The first kappa shape index (κ1) is 15.1. The molecular formula is C12H16Cl2N2O2S. The molecule has 0 aliphatic carbocycles. The maximum atomic E-state index is 12.5. The van der Waals surface area contributed by atoms with E-state index in [-0.39, 0.29) is 16.0 Å². The molecule has 1 aromatic carbocycles. The van der Waals surface area contributed by atoms with Crippen LogP contribution in [0.4, 0.5) is 0 Å². The van der Waals surface area contributed by atoms with Crippen molar-refractivity contribution in [2.45, 2.75) is 31.2 Å². The van der Waals surface area contributed by atoms with Crippen molar-refractivity contribution in [2.24, 2.45) is 0 Å². The van der Waals surface area contributed by atoms with Crippen LogP contribution in [-0.2, 0) is 10.0 Å². The second-order valence-electron chi connectivity index (χ2n) is 4.75. The second-order valence-corrected chi connectivity index (χ2v) is 7.19. The largest absolute Gasteiger partial charge is 0.315 e. The third-order valence-electron chi connectivity index (χ3n) is 3.24. The average Bonchev–Trinajstić information content (AvgIpc) is 2.78. The smallest absolute Gasteiger partial charge is 0.242 e. The van der Waals surface area contributed by atoms with Gasteiger partial charge in [-0.2, -0.15) is 0 Å². The number of sulfonamides is 1. The van der Waals surface area contributed by atoms with Crippen LogP contribution in [0.1, 0.15) is 17.5 Å². The number of halogens is 2. The summed E-state index contributed by atoms with van der Waals surface area (Å²) >= 11 is 12.2. The first-order chi connectivity index (χ1) is 8.83. The van der Waals surface area contributed by atoms with Crippen molar-refractivity contribution in [1.82, 2.24) is 10.0 Å². The molecular weight excluding hydrogens is 307 g/mol. The number of rotatable bonds is 3. The summed E-state index contributed by atoms with van der Waals surface area (Å²) in [4.78, 5) is 0.0890. The molecule has 7 heteroatoms. The van der Waals surface area contributed by atoms with Crippen LogP contribution in [0.2, 0.25) is 10.0 Å². The van der Waals surface area contributed by atoms with Gasteiger partial charge in [0.1, 0.15) is 4.90 Å². The monoisotopic (exact) mass is 322 g/mol. The van der Waals surface area contributed by atoms with Gasteiger partial charge in [0.25, 0.3) is 0 Å². The van der Waals surface area contributed by atoms with Crippen LogP contribution in [0, 0.1) is 13.8 Å². The highest BCUT2D eigenvalue weighted by molar-refractivity contribution is 7.89. The minimum atomic E-state index is -3.66. The van der Waals surface area contributed by atoms with E-state index >= 15 is 0 Å². The van der Waals surface area contributed by atoms with E-state index in [1.165, 1.54) is 0 Å². The van der Waals surface area contributed by atoms with Gasteiger partial charge in [-0.25, -0.2) is 13.1 Å². The molecule has 0 spiro atoms. The van der Waals surface area contributed by atoms with E-state index in [1.807, 2.05) is 0 Å². The van der Waals surface area contributed by atoms with E-state index in [4.69, 9.17) is 23.2 Å². The quantitative estimate of drug-likeness (QED) is 0.897. The number of benzene rings is 1. The van der Waals surface area contributed by atoms with Crippen LogP contribution >= 0.6 is 23.2 Å². The van der Waals surface area contributed by atoms with Gasteiger partial charge in [-0.15, -0.1) is 0 Å². The maximum absolute atomic E-state index is 12.5. The molecule has 106 valence electrons. The van der Waals surface area contributed by atoms with Crippen molar-refractivity contribution in [2.75, 3.05) is 13.1 Å². The van der Waals surface area contributed by atoms with Gasteiger partial charge in [-0.05, 0) is 44.0 Å². The fraction of sp³-hybridized carbons (Fsp3) is 0.500. The molecule has 1 aliphatic rings. The molecule has 0 amide bonds. The van der Waals surface area contributed by atoms with Crippen LogP contribution in [0.25, 0.3) is 0 Å². The standard InChI is InChI=1S/C12H16Cl2N2O2S/c1-7-5-10(13)8(2)12(11(7)14)19(17,18)16-9-3-4-15-6-9/h5,9,15-16H,3-4,6H2,1-2H3/t9-/m1/s1. The van der Waals surface area contributed by atoms with Crippen LogP contribution in [0.3, 0.4) is 0 Å². The summed E-state index contributed by atoms with van der Waals surface area (Å²) in [7, 11) is -3.66.